The van der Waals surface area contributed by atoms with Gasteiger partial charge in [-0.2, -0.15) is 5.10 Å². The topological polar surface area (TPSA) is 86.3 Å². The lowest BCUT2D eigenvalue weighted by Crippen LogP contribution is -2.44. The fourth-order valence-corrected chi connectivity index (χ4v) is 2.57. The Balaban J connectivity index is 1.85. The number of carbonyl (C=O) groups excluding carboxylic acids is 1. The first kappa shape index (κ1) is 15.3. The van der Waals surface area contributed by atoms with Gasteiger partial charge in [0, 0.05) is 11.6 Å². The number of carboxylic acids is 1. The molecule has 0 saturated heterocycles. The van der Waals surface area contributed by atoms with Crippen LogP contribution in [-0.2, 0) is 4.79 Å². The predicted molar refractivity (Wildman–Crippen MR) is 85.1 cm³/mol. The van der Waals surface area contributed by atoms with Crippen molar-refractivity contribution in [3.05, 3.63) is 41.6 Å². The van der Waals surface area contributed by atoms with E-state index in [9.17, 15) is 14.7 Å². The highest BCUT2D eigenvalue weighted by Crippen LogP contribution is 2.30. The zero-order chi connectivity index (χ0) is 16.6. The van der Waals surface area contributed by atoms with Gasteiger partial charge >= 0.3 is 5.97 Å². The second kappa shape index (κ2) is 5.87. The zero-order valence-corrected chi connectivity index (χ0v) is 13.1. The van der Waals surface area contributed by atoms with Crippen LogP contribution in [0.15, 0.2) is 30.3 Å². The minimum absolute atomic E-state index is 0.0136. The maximum Gasteiger partial charge on any atom is 0.326 e. The molecule has 1 heterocycles. The number of aliphatic carboxylic acids is 1. The number of aromatic nitrogens is 2. The van der Waals surface area contributed by atoms with Crippen molar-refractivity contribution < 1.29 is 14.7 Å². The lowest BCUT2D eigenvalue weighted by molar-refractivity contribution is -0.141. The summed E-state index contributed by atoms with van der Waals surface area (Å²) >= 11 is 0. The van der Waals surface area contributed by atoms with E-state index in [0.29, 0.717) is 11.4 Å². The molecule has 0 radical (unpaired) electrons. The smallest absolute Gasteiger partial charge is 0.326 e. The molecular weight excluding hydrogens is 294 g/mol. The Morgan fingerprint density at radius 1 is 1.30 bits per heavy atom. The highest BCUT2D eigenvalue weighted by Gasteiger charge is 2.39. The average Bonchev–Trinajstić information content (AvgIpc) is 3.23. The Morgan fingerprint density at radius 3 is 2.52 bits per heavy atom. The van der Waals surface area contributed by atoms with Gasteiger partial charge in [-0.1, -0.05) is 29.8 Å². The molecule has 0 bridgehead atoms. The molecule has 0 spiro atoms. The SMILES string of the molecule is Cc1ccc(-c2cc(C(=O)N(C3CC3)C(C)C(=O)O)[nH]n2)cc1. The molecule has 1 aliphatic rings. The van der Waals surface area contributed by atoms with Crippen LogP contribution in [0.5, 0.6) is 0 Å². The average molecular weight is 313 g/mol. The maximum absolute atomic E-state index is 12.7. The molecule has 120 valence electrons. The molecule has 6 nitrogen and oxygen atoms in total. The van der Waals surface area contributed by atoms with Crippen molar-refractivity contribution in [3.63, 3.8) is 0 Å². The number of nitrogens with one attached hydrogen (secondary N) is 1. The standard InChI is InChI=1S/C17H19N3O3/c1-10-3-5-12(6-4-10)14-9-15(19-18-14)16(21)20(13-7-8-13)11(2)17(22)23/h3-6,9,11,13H,7-8H2,1-2H3,(H,18,19)(H,22,23). The first-order chi connectivity index (χ1) is 11.0. The molecule has 1 unspecified atom stereocenters. The summed E-state index contributed by atoms with van der Waals surface area (Å²) in [4.78, 5) is 25.3. The van der Waals surface area contributed by atoms with Crippen molar-refractivity contribution in [3.8, 4) is 11.3 Å². The predicted octanol–water partition coefficient (Wildman–Crippen LogP) is 2.46. The van der Waals surface area contributed by atoms with Gasteiger partial charge in [0.1, 0.15) is 11.7 Å². The molecule has 23 heavy (non-hydrogen) atoms. The van der Waals surface area contributed by atoms with E-state index in [1.54, 1.807) is 6.07 Å². The van der Waals surface area contributed by atoms with Crippen LogP contribution in [-0.4, -0.2) is 44.2 Å². The normalized spacial score (nSPS) is 15.2. The summed E-state index contributed by atoms with van der Waals surface area (Å²) in [6.45, 7) is 3.54. The molecule has 2 N–H and O–H groups in total. The van der Waals surface area contributed by atoms with Gasteiger partial charge in [0.15, 0.2) is 0 Å². The van der Waals surface area contributed by atoms with E-state index >= 15 is 0 Å². The second-order valence-corrected chi connectivity index (χ2v) is 5.99. The van der Waals surface area contributed by atoms with Crippen LogP contribution in [0.25, 0.3) is 11.3 Å². The third-order valence-electron chi connectivity index (χ3n) is 4.11. The monoisotopic (exact) mass is 313 g/mol. The first-order valence-corrected chi connectivity index (χ1v) is 7.65. The quantitative estimate of drug-likeness (QED) is 0.888. The van der Waals surface area contributed by atoms with E-state index in [4.69, 9.17) is 0 Å². The molecule has 1 saturated carbocycles. The largest absolute Gasteiger partial charge is 0.480 e. The van der Waals surface area contributed by atoms with Gasteiger partial charge in [0.2, 0.25) is 0 Å². The molecule has 1 aromatic heterocycles. The molecule has 1 atom stereocenters. The van der Waals surface area contributed by atoms with Gasteiger partial charge in [-0.3, -0.25) is 9.89 Å². The third-order valence-corrected chi connectivity index (χ3v) is 4.11. The van der Waals surface area contributed by atoms with E-state index < -0.39 is 12.0 Å². The lowest BCUT2D eigenvalue weighted by Gasteiger charge is -2.25. The summed E-state index contributed by atoms with van der Waals surface area (Å²) in [5, 5.41) is 16.1. The van der Waals surface area contributed by atoms with E-state index in [-0.39, 0.29) is 11.9 Å². The Hall–Kier alpha value is -2.63. The maximum atomic E-state index is 12.7. The molecule has 1 aliphatic carbocycles. The van der Waals surface area contributed by atoms with E-state index in [0.717, 1.165) is 24.0 Å². The van der Waals surface area contributed by atoms with Crippen LogP contribution < -0.4 is 0 Å². The van der Waals surface area contributed by atoms with Crippen LogP contribution in [0.4, 0.5) is 0 Å². The van der Waals surface area contributed by atoms with E-state index in [1.807, 2.05) is 31.2 Å². The fraction of sp³-hybridized carbons (Fsp3) is 0.353. The number of hydrogen-bond donors (Lipinski definition) is 2. The third kappa shape index (κ3) is 3.11. The number of aryl methyl sites for hydroxylation is 1. The van der Waals surface area contributed by atoms with Gasteiger partial charge in [-0.25, -0.2) is 4.79 Å². The second-order valence-electron chi connectivity index (χ2n) is 5.99. The summed E-state index contributed by atoms with van der Waals surface area (Å²) in [6.07, 6.45) is 1.70. The highest BCUT2D eigenvalue weighted by atomic mass is 16.4. The van der Waals surface area contributed by atoms with Crippen molar-refractivity contribution in [2.24, 2.45) is 0 Å². The van der Waals surface area contributed by atoms with Gasteiger partial charge in [-0.15, -0.1) is 0 Å². The Kier molecular flexibility index (Phi) is 3.90. The van der Waals surface area contributed by atoms with E-state index in [1.165, 1.54) is 11.8 Å². The molecule has 1 amide bonds. The van der Waals surface area contributed by atoms with Crippen molar-refractivity contribution >= 4 is 11.9 Å². The van der Waals surface area contributed by atoms with Crippen LogP contribution in [0.3, 0.4) is 0 Å². The number of benzene rings is 1. The van der Waals surface area contributed by atoms with Crippen molar-refractivity contribution in [1.29, 1.82) is 0 Å². The van der Waals surface area contributed by atoms with Crippen molar-refractivity contribution in [2.45, 2.75) is 38.8 Å². The van der Waals surface area contributed by atoms with Gasteiger partial charge < -0.3 is 10.0 Å². The Labute approximate surface area is 134 Å². The van der Waals surface area contributed by atoms with Gasteiger partial charge in [0.05, 0.1) is 5.69 Å². The van der Waals surface area contributed by atoms with Crippen LogP contribution in [0, 0.1) is 6.92 Å². The minimum atomic E-state index is -0.997. The van der Waals surface area contributed by atoms with Crippen LogP contribution in [0.2, 0.25) is 0 Å². The summed E-state index contributed by atoms with van der Waals surface area (Å²) in [5.41, 5.74) is 3.05. The number of rotatable bonds is 5. The summed E-state index contributed by atoms with van der Waals surface area (Å²) in [7, 11) is 0. The van der Waals surface area contributed by atoms with E-state index in [2.05, 4.69) is 10.2 Å². The summed E-state index contributed by atoms with van der Waals surface area (Å²) in [6, 6.07) is 8.69. The molecule has 3 rings (SSSR count). The number of carboxylic acid groups (broad SMARTS) is 1. The lowest BCUT2D eigenvalue weighted by atomic mass is 10.1. The molecule has 6 heteroatoms. The number of aromatic amines is 1. The Bertz CT molecular complexity index is 732. The van der Waals surface area contributed by atoms with Gasteiger partial charge in [0.25, 0.3) is 5.91 Å². The number of amides is 1. The van der Waals surface area contributed by atoms with Crippen LogP contribution in [0.1, 0.15) is 35.8 Å². The van der Waals surface area contributed by atoms with Crippen molar-refractivity contribution in [1.82, 2.24) is 15.1 Å². The minimum Gasteiger partial charge on any atom is -0.480 e. The fourth-order valence-electron chi connectivity index (χ4n) is 2.57. The number of nitrogens with zero attached hydrogens (tertiary/aromatic N) is 2. The molecule has 1 fully saturated rings. The number of carbonyl (C=O) groups is 2. The molecular formula is C17H19N3O3. The number of H-pyrrole nitrogens is 1. The number of hydrogen-bond acceptors (Lipinski definition) is 3. The van der Waals surface area contributed by atoms with Crippen LogP contribution >= 0.6 is 0 Å². The first-order valence-electron chi connectivity index (χ1n) is 7.65. The molecule has 1 aromatic carbocycles. The summed E-state index contributed by atoms with van der Waals surface area (Å²) in [5.74, 6) is -1.31. The van der Waals surface area contributed by atoms with Crippen molar-refractivity contribution in [2.75, 3.05) is 0 Å². The molecule has 0 aliphatic heterocycles. The molecule has 2 aromatic rings. The zero-order valence-electron chi connectivity index (χ0n) is 13.1. The summed E-state index contributed by atoms with van der Waals surface area (Å²) < 4.78 is 0. The van der Waals surface area contributed by atoms with Gasteiger partial charge in [-0.05, 0) is 32.8 Å². The highest BCUT2D eigenvalue weighted by molar-refractivity contribution is 5.96. The Morgan fingerprint density at radius 2 is 1.96 bits per heavy atom.